The topological polar surface area (TPSA) is 39.7 Å². The summed E-state index contributed by atoms with van der Waals surface area (Å²) in [5.74, 6) is 1.37. The average Bonchev–Trinajstić information content (AvgIpc) is 2.33. The lowest BCUT2D eigenvalue weighted by molar-refractivity contribution is 0.0873. The van der Waals surface area contributed by atoms with Crippen LogP contribution in [0, 0.1) is 6.92 Å². The summed E-state index contributed by atoms with van der Waals surface area (Å²) < 4.78 is 10.8. The van der Waals surface area contributed by atoms with E-state index in [1.165, 1.54) is 0 Å². The third-order valence-corrected chi connectivity index (χ3v) is 2.68. The van der Waals surface area contributed by atoms with E-state index in [0.29, 0.717) is 23.1 Å². The molecular weight excluding hydrogens is 242 g/mol. The van der Waals surface area contributed by atoms with Gasteiger partial charge in [0.1, 0.15) is 0 Å². The maximum atomic E-state index is 6.01. The Morgan fingerprint density at radius 2 is 2.00 bits per heavy atom. The minimum atomic E-state index is 0.591. The van der Waals surface area contributed by atoms with Crippen molar-refractivity contribution in [1.29, 1.82) is 0 Å². The van der Waals surface area contributed by atoms with Crippen molar-refractivity contribution in [2.24, 2.45) is 0 Å². The molecule has 0 aliphatic rings. The van der Waals surface area contributed by atoms with Crippen LogP contribution in [0.2, 0.25) is 5.02 Å². The van der Waals surface area contributed by atoms with Gasteiger partial charge in [-0.15, -0.1) is 0 Å². The molecule has 4 nitrogen and oxygen atoms in total. The first-order valence-corrected chi connectivity index (χ1v) is 5.79. The van der Waals surface area contributed by atoms with Crippen molar-refractivity contribution in [3.63, 3.8) is 0 Å². The van der Waals surface area contributed by atoms with E-state index in [1.807, 2.05) is 13.0 Å². The highest BCUT2D eigenvalue weighted by Crippen LogP contribution is 2.32. The minimum Gasteiger partial charge on any atom is -0.493 e. The number of halogens is 1. The van der Waals surface area contributed by atoms with Crippen molar-refractivity contribution in [3.8, 4) is 11.5 Å². The van der Waals surface area contributed by atoms with Crippen LogP contribution in [0.5, 0.6) is 11.5 Å². The molecule has 0 aliphatic heterocycles. The van der Waals surface area contributed by atoms with Gasteiger partial charge in [0.15, 0.2) is 11.5 Å². The summed E-state index contributed by atoms with van der Waals surface area (Å²) in [6.45, 7) is 3.26. The van der Waals surface area contributed by atoms with Crippen molar-refractivity contribution >= 4 is 11.6 Å². The highest BCUT2D eigenvalue weighted by Gasteiger charge is 2.07. The lowest BCUT2D eigenvalue weighted by atomic mass is 10.2. The van der Waals surface area contributed by atoms with Gasteiger partial charge in [0.05, 0.1) is 20.8 Å². The first-order chi connectivity index (χ1) is 8.19. The molecule has 0 saturated carbocycles. The number of aryl methyl sites for hydroxylation is 1. The van der Waals surface area contributed by atoms with Crippen LogP contribution < -0.4 is 15.0 Å². The fraction of sp³-hybridized carbons (Fsp3) is 0.500. The molecule has 0 fully saturated rings. The highest BCUT2D eigenvalue weighted by atomic mass is 35.5. The molecule has 1 aromatic rings. The van der Waals surface area contributed by atoms with Crippen LogP contribution in [0.15, 0.2) is 12.1 Å². The largest absolute Gasteiger partial charge is 0.493 e. The highest BCUT2D eigenvalue weighted by molar-refractivity contribution is 6.31. The fourth-order valence-corrected chi connectivity index (χ4v) is 1.49. The summed E-state index contributed by atoms with van der Waals surface area (Å²) >= 11 is 6.01. The first-order valence-electron chi connectivity index (χ1n) is 5.41. The Bertz CT molecular complexity index is 358. The smallest absolute Gasteiger partial charge is 0.162 e. The standard InChI is InChI=1S/C12H18ClNO3/c1-9-7-12(11(15-2)8-10(9)13)17-6-4-5-14-16-3/h7-8,14H,4-6H2,1-3H3. The molecule has 0 spiro atoms. The van der Waals surface area contributed by atoms with Gasteiger partial charge in [0, 0.05) is 17.6 Å². The van der Waals surface area contributed by atoms with E-state index in [-0.39, 0.29) is 0 Å². The lowest BCUT2D eigenvalue weighted by Gasteiger charge is -2.12. The number of rotatable bonds is 7. The molecule has 0 aliphatic carbocycles. The molecule has 0 aromatic heterocycles. The molecular formula is C12H18ClNO3. The van der Waals surface area contributed by atoms with Crippen LogP contribution >= 0.6 is 11.6 Å². The zero-order chi connectivity index (χ0) is 12.7. The van der Waals surface area contributed by atoms with Gasteiger partial charge in [-0.1, -0.05) is 11.6 Å². The third kappa shape index (κ3) is 4.42. The van der Waals surface area contributed by atoms with Crippen molar-refractivity contribution < 1.29 is 14.3 Å². The second-order valence-electron chi connectivity index (χ2n) is 3.55. The Labute approximate surface area is 107 Å². The van der Waals surface area contributed by atoms with Gasteiger partial charge in [-0.05, 0) is 25.0 Å². The van der Waals surface area contributed by atoms with Crippen LogP contribution in [-0.2, 0) is 4.84 Å². The zero-order valence-electron chi connectivity index (χ0n) is 10.4. The van der Waals surface area contributed by atoms with Gasteiger partial charge in [-0.25, -0.2) is 5.48 Å². The van der Waals surface area contributed by atoms with Gasteiger partial charge in [0.25, 0.3) is 0 Å². The van der Waals surface area contributed by atoms with Gasteiger partial charge in [-0.3, -0.25) is 0 Å². The van der Waals surface area contributed by atoms with E-state index < -0.39 is 0 Å². The lowest BCUT2D eigenvalue weighted by Crippen LogP contribution is -2.15. The number of ether oxygens (including phenoxy) is 2. The monoisotopic (exact) mass is 259 g/mol. The summed E-state index contributed by atoms with van der Waals surface area (Å²) in [7, 11) is 3.19. The molecule has 0 saturated heterocycles. The molecule has 1 aromatic carbocycles. The molecule has 0 heterocycles. The number of hydrogen-bond donors (Lipinski definition) is 1. The van der Waals surface area contributed by atoms with Gasteiger partial charge in [0.2, 0.25) is 0 Å². The maximum absolute atomic E-state index is 6.01. The zero-order valence-corrected chi connectivity index (χ0v) is 11.1. The summed E-state index contributed by atoms with van der Waals surface area (Å²) in [6, 6.07) is 3.64. The Kier molecular flexibility index (Phi) is 6.11. The Balaban J connectivity index is 2.54. The number of nitrogens with one attached hydrogen (secondary N) is 1. The van der Waals surface area contributed by atoms with Crippen LogP contribution in [0.3, 0.4) is 0 Å². The number of methoxy groups -OCH3 is 1. The molecule has 17 heavy (non-hydrogen) atoms. The van der Waals surface area contributed by atoms with Crippen molar-refractivity contribution in [2.45, 2.75) is 13.3 Å². The number of hydrogen-bond acceptors (Lipinski definition) is 4. The van der Waals surface area contributed by atoms with Crippen LogP contribution in [-0.4, -0.2) is 27.4 Å². The Morgan fingerprint density at radius 1 is 1.24 bits per heavy atom. The molecule has 0 amide bonds. The molecule has 0 atom stereocenters. The maximum Gasteiger partial charge on any atom is 0.162 e. The predicted molar refractivity (Wildman–Crippen MR) is 67.9 cm³/mol. The van der Waals surface area contributed by atoms with E-state index in [1.54, 1.807) is 20.3 Å². The fourth-order valence-electron chi connectivity index (χ4n) is 1.34. The van der Waals surface area contributed by atoms with Gasteiger partial charge < -0.3 is 14.3 Å². The molecule has 0 bridgehead atoms. The summed E-state index contributed by atoms with van der Waals surface area (Å²) in [6.07, 6.45) is 0.846. The second kappa shape index (κ2) is 7.37. The first kappa shape index (κ1) is 14.1. The van der Waals surface area contributed by atoms with E-state index >= 15 is 0 Å². The van der Waals surface area contributed by atoms with Gasteiger partial charge >= 0.3 is 0 Å². The SMILES string of the molecule is CONCCCOc1cc(C)c(Cl)cc1OC. The minimum absolute atomic E-state index is 0.591. The van der Waals surface area contributed by atoms with Crippen LogP contribution in [0.1, 0.15) is 12.0 Å². The molecule has 1 rings (SSSR count). The predicted octanol–water partition coefficient (Wildman–Crippen LogP) is 2.58. The van der Waals surface area contributed by atoms with Crippen LogP contribution in [0.4, 0.5) is 0 Å². The Hall–Kier alpha value is -0.970. The van der Waals surface area contributed by atoms with E-state index in [0.717, 1.165) is 18.5 Å². The molecule has 0 unspecified atom stereocenters. The van der Waals surface area contributed by atoms with Gasteiger partial charge in [-0.2, -0.15) is 0 Å². The molecule has 96 valence electrons. The molecule has 5 heteroatoms. The van der Waals surface area contributed by atoms with Crippen LogP contribution in [0.25, 0.3) is 0 Å². The molecule has 0 radical (unpaired) electrons. The summed E-state index contributed by atoms with van der Waals surface area (Å²) in [5, 5.41) is 0.676. The number of hydroxylamine groups is 1. The number of benzene rings is 1. The van der Waals surface area contributed by atoms with E-state index in [4.69, 9.17) is 25.9 Å². The quantitative estimate of drug-likeness (QED) is 0.604. The average molecular weight is 260 g/mol. The van der Waals surface area contributed by atoms with Crippen molar-refractivity contribution in [3.05, 3.63) is 22.7 Å². The van der Waals surface area contributed by atoms with Crippen molar-refractivity contribution in [2.75, 3.05) is 27.4 Å². The molecule has 1 N–H and O–H groups in total. The summed E-state index contributed by atoms with van der Waals surface area (Å²) in [5.41, 5.74) is 3.72. The normalized spacial score (nSPS) is 10.4. The van der Waals surface area contributed by atoms with Crippen molar-refractivity contribution in [1.82, 2.24) is 5.48 Å². The van der Waals surface area contributed by atoms with E-state index in [9.17, 15) is 0 Å². The van der Waals surface area contributed by atoms with E-state index in [2.05, 4.69) is 5.48 Å². The third-order valence-electron chi connectivity index (χ3n) is 2.27. The second-order valence-corrected chi connectivity index (χ2v) is 3.96. The Morgan fingerprint density at radius 3 is 2.65 bits per heavy atom. The summed E-state index contributed by atoms with van der Waals surface area (Å²) in [4.78, 5) is 4.73.